The Morgan fingerprint density at radius 1 is 1.56 bits per heavy atom. The van der Waals surface area contributed by atoms with Crippen LogP contribution in [0.4, 0.5) is 5.69 Å². The summed E-state index contributed by atoms with van der Waals surface area (Å²) >= 11 is 11.1. The topological polar surface area (TPSA) is 69.4 Å². The predicted octanol–water partition coefficient (Wildman–Crippen LogP) is 3.80. The van der Waals surface area contributed by atoms with Crippen LogP contribution in [-0.4, -0.2) is 16.3 Å². The van der Waals surface area contributed by atoms with Crippen LogP contribution in [0.25, 0.3) is 0 Å². The Morgan fingerprint density at radius 3 is 2.61 bits per heavy atom. The van der Waals surface area contributed by atoms with Crippen molar-refractivity contribution < 1.29 is 14.5 Å². The molecule has 7 heteroatoms. The summed E-state index contributed by atoms with van der Waals surface area (Å²) in [5.41, 5.74) is -0.551. The van der Waals surface area contributed by atoms with Crippen molar-refractivity contribution in [2.45, 2.75) is 26.4 Å². The standard InChI is InChI=1S/C11H11Cl2NO4/c1-3-6(2)18-8-5-4-7(11(13)15)9(12)10(8)14(16)17/h4-6H,3H2,1-2H3. The fraction of sp³-hybridized carbons (Fsp3) is 0.364. The van der Waals surface area contributed by atoms with E-state index in [1.54, 1.807) is 6.92 Å². The summed E-state index contributed by atoms with van der Waals surface area (Å²) in [6.45, 7) is 3.66. The summed E-state index contributed by atoms with van der Waals surface area (Å²) in [4.78, 5) is 21.3. The number of hydrogen-bond donors (Lipinski definition) is 0. The van der Waals surface area contributed by atoms with Gasteiger partial charge in [0.05, 0.1) is 16.6 Å². The molecule has 0 aliphatic rings. The first-order valence-corrected chi connectivity index (χ1v) is 5.97. The van der Waals surface area contributed by atoms with Gasteiger partial charge in [-0.25, -0.2) is 0 Å². The second-order valence-corrected chi connectivity index (χ2v) is 4.36. The van der Waals surface area contributed by atoms with Gasteiger partial charge >= 0.3 is 5.69 Å². The summed E-state index contributed by atoms with van der Waals surface area (Å²) < 4.78 is 5.39. The highest BCUT2D eigenvalue weighted by molar-refractivity contribution is 6.69. The molecule has 1 rings (SSSR count). The van der Waals surface area contributed by atoms with Crippen LogP contribution < -0.4 is 4.74 Å². The van der Waals surface area contributed by atoms with Gasteiger partial charge < -0.3 is 4.74 Å². The van der Waals surface area contributed by atoms with Crippen molar-refractivity contribution >= 4 is 34.1 Å². The first-order valence-electron chi connectivity index (χ1n) is 5.21. The molecule has 1 aromatic rings. The van der Waals surface area contributed by atoms with Crippen LogP contribution in [0.5, 0.6) is 5.75 Å². The monoisotopic (exact) mass is 291 g/mol. The summed E-state index contributed by atoms with van der Waals surface area (Å²) in [5.74, 6) is 0.0287. The molecule has 0 bridgehead atoms. The predicted molar refractivity (Wildman–Crippen MR) is 68.7 cm³/mol. The van der Waals surface area contributed by atoms with E-state index in [0.29, 0.717) is 6.42 Å². The number of carbonyl (C=O) groups excluding carboxylic acids is 1. The summed E-state index contributed by atoms with van der Waals surface area (Å²) in [6.07, 6.45) is 0.489. The second kappa shape index (κ2) is 6.02. The smallest absolute Gasteiger partial charge is 0.330 e. The third-order valence-corrected chi connectivity index (χ3v) is 2.96. The zero-order valence-electron chi connectivity index (χ0n) is 9.78. The average molecular weight is 292 g/mol. The minimum Gasteiger partial charge on any atom is -0.484 e. The molecule has 98 valence electrons. The van der Waals surface area contributed by atoms with E-state index in [2.05, 4.69) is 0 Å². The minimum absolute atomic E-state index is 0.0287. The highest BCUT2D eigenvalue weighted by atomic mass is 35.5. The Labute approximate surface area is 114 Å². The molecule has 0 saturated heterocycles. The molecular weight excluding hydrogens is 281 g/mol. The molecule has 0 radical (unpaired) electrons. The maximum Gasteiger partial charge on any atom is 0.330 e. The Morgan fingerprint density at radius 2 is 2.17 bits per heavy atom. The van der Waals surface area contributed by atoms with Crippen molar-refractivity contribution in [1.82, 2.24) is 0 Å². The molecule has 0 saturated carbocycles. The van der Waals surface area contributed by atoms with Gasteiger partial charge in [-0.05, 0) is 37.1 Å². The Bertz CT molecular complexity index is 490. The van der Waals surface area contributed by atoms with Gasteiger partial charge in [0.15, 0.2) is 5.75 Å². The normalized spacial score (nSPS) is 12.0. The van der Waals surface area contributed by atoms with E-state index in [4.69, 9.17) is 27.9 Å². The lowest BCUT2D eigenvalue weighted by molar-refractivity contribution is -0.385. The molecule has 0 spiro atoms. The van der Waals surface area contributed by atoms with Gasteiger partial charge in [0.25, 0.3) is 5.24 Å². The van der Waals surface area contributed by atoms with Gasteiger partial charge in [-0.2, -0.15) is 0 Å². The quantitative estimate of drug-likeness (QED) is 0.470. The molecule has 0 aliphatic heterocycles. The highest BCUT2D eigenvalue weighted by Crippen LogP contribution is 2.38. The number of rotatable bonds is 5. The van der Waals surface area contributed by atoms with E-state index in [-0.39, 0.29) is 22.4 Å². The van der Waals surface area contributed by atoms with Crippen LogP contribution in [0, 0.1) is 10.1 Å². The molecule has 0 aliphatic carbocycles. The number of nitro benzene ring substituents is 1. The van der Waals surface area contributed by atoms with Crippen molar-refractivity contribution in [3.63, 3.8) is 0 Å². The largest absolute Gasteiger partial charge is 0.484 e. The second-order valence-electron chi connectivity index (χ2n) is 3.64. The molecule has 1 atom stereocenters. The van der Waals surface area contributed by atoms with Crippen molar-refractivity contribution in [1.29, 1.82) is 0 Å². The summed E-state index contributed by atoms with van der Waals surface area (Å²) in [5, 5.41) is 9.82. The molecule has 0 aromatic heterocycles. The summed E-state index contributed by atoms with van der Waals surface area (Å²) in [7, 11) is 0. The van der Waals surface area contributed by atoms with Crippen LogP contribution in [0.2, 0.25) is 5.02 Å². The molecule has 0 fully saturated rings. The SMILES string of the molecule is CCC(C)Oc1ccc(C(=O)Cl)c(Cl)c1[N+](=O)[O-]. The van der Waals surface area contributed by atoms with Crippen LogP contribution in [0.3, 0.4) is 0 Å². The van der Waals surface area contributed by atoms with Crippen LogP contribution in [0.1, 0.15) is 30.6 Å². The summed E-state index contributed by atoms with van der Waals surface area (Å²) in [6, 6.07) is 2.63. The van der Waals surface area contributed by atoms with Crippen LogP contribution in [0.15, 0.2) is 12.1 Å². The first kappa shape index (κ1) is 14.7. The minimum atomic E-state index is -0.849. The van der Waals surface area contributed by atoms with Gasteiger partial charge in [0.1, 0.15) is 5.02 Å². The fourth-order valence-electron chi connectivity index (χ4n) is 1.26. The maximum atomic E-state index is 11.0. The van der Waals surface area contributed by atoms with E-state index < -0.39 is 15.9 Å². The number of carbonyl (C=O) groups is 1. The van der Waals surface area contributed by atoms with Gasteiger partial charge in [0, 0.05) is 0 Å². The van der Waals surface area contributed by atoms with Gasteiger partial charge in [-0.1, -0.05) is 18.5 Å². The van der Waals surface area contributed by atoms with E-state index in [1.165, 1.54) is 12.1 Å². The molecule has 5 nitrogen and oxygen atoms in total. The van der Waals surface area contributed by atoms with E-state index in [1.807, 2.05) is 6.92 Å². The molecule has 0 amide bonds. The number of nitrogens with zero attached hydrogens (tertiary/aromatic N) is 1. The lowest BCUT2D eigenvalue weighted by atomic mass is 10.2. The van der Waals surface area contributed by atoms with Gasteiger partial charge in [-0.15, -0.1) is 0 Å². The third-order valence-electron chi connectivity index (χ3n) is 2.38. The molecule has 0 N–H and O–H groups in total. The van der Waals surface area contributed by atoms with Crippen molar-refractivity contribution in [3.05, 3.63) is 32.8 Å². The van der Waals surface area contributed by atoms with Gasteiger partial charge in [0.2, 0.25) is 0 Å². The lowest BCUT2D eigenvalue weighted by Gasteiger charge is -2.13. The van der Waals surface area contributed by atoms with Crippen molar-refractivity contribution in [2.24, 2.45) is 0 Å². The molecule has 0 heterocycles. The highest BCUT2D eigenvalue weighted by Gasteiger charge is 2.26. The third kappa shape index (κ3) is 3.11. The average Bonchev–Trinajstić information content (AvgIpc) is 2.27. The van der Waals surface area contributed by atoms with E-state index in [9.17, 15) is 14.9 Å². The van der Waals surface area contributed by atoms with Gasteiger partial charge in [-0.3, -0.25) is 14.9 Å². The number of ether oxygens (including phenoxy) is 1. The number of hydrogen-bond acceptors (Lipinski definition) is 4. The lowest BCUT2D eigenvalue weighted by Crippen LogP contribution is -2.11. The molecule has 1 aromatic carbocycles. The first-order chi connectivity index (χ1) is 8.38. The zero-order valence-corrected chi connectivity index (χ0v) is 11.3. The Kier molecular flexibility index (Phi) is 4.93. The fourth-order valence-corrected chi connectivity index (χ4v) is 1.78. The Balaban J connectivity index is 3.32. The van der Waals surface area contributed by atoms with Crippen LogP contribution in [-0.2, 0) is 0 Å². The maximum absolute atomic E-state index is 11.0. The van der Waals surface area contributed by atoms with Crippen molar-refractivity contribution in [3.8, 4) is 5.75 Å². The number of nitro groups is 1. The van der Waals surface area contributed by atoms with E-state index >= 15 is 0 Å². The molecule has 18 heavy (non-hydrogen) atoms. The molecular formula is C11H11Cl2NO4. The van der Waals surface area contributed by atoms with Crippen molar-refractivity contribution in [2.75, 3.05) is 0 Å². The molecule has 1 unspecified atom stereocenters. The number of benzene rings is 1. The number of halogens is 2. The van der Waals surface area contributed by atoms with Crippen LogP contribution >= 0.6 is 23.2 Å². The van der Waals surface area contributed by atoms with E-state index in [0.717, 1.165) is 0 Å². The Hall–Kier alpha value is -1.33. The zero-order chi connectivity index (χ0) is 13.9.